The van der Waals surface area contributed by atoms with Gasteiger partial charge in [0.2, 0.25) is 0 Å². The number of rotatable bonds is 4. The summed E-state index contributed by atoms with van der Waals surface area (Å²) in [6.07, 6.45) is -2.89. The molecule has 1 amide bonds. The van der Waals surface area contributed by atoms with Crippen molar-refractivity contribution >= 4 is 5.91 Å². The van der Waals surface area contributed by atoms with Crippen LogP contribution in [0.3, 0.4) is 0 Å². The lowest BCUT2D eigenvalue weighted by Crippen LogP contribution is -2.32. The molecule has 0 aliphatic carbocycles. The molecule has 2 aromatic carbocycles. The zero-order chi connectivity index (χ0) is 19.4. The van der Waals surface area contributed by atoms with Crippen molar-refractivity contribution in [2.45, 2.75) is 12.2 Å². The van der Waals surface area contributed by atoms with Gasteiger partial charge in [-0.25, -0.2) is 0 Å². The van der Waals surface area contributed by atoms with E-state index in [1.807, 2.05) is 30.3 Å². The van der Waals surface area contributed by atoms with E-state index in [0.717, 1.165) is 17.7 Å². The third-order valence-electron chi connectivity index (χ3n) is 4.23. The summed E-state index contributed by atoms with van der Waals surface area (Å²) in [6.45, 7) is 0. The summed E-state index contributed by atoms with van der Waals surface area (Å²) in [5.74, 6) is -0.513. The van der Waals surface area contributed by atoms with E-state index >= 15 is 0 Å². The highest BCUT2D eigenvalue weighted by atomic mass is 19.4. The Labute approximate surface area is 155 Å². The first-order valence-corrected chi connectivity index (χ1v) is 8.28. The molecule has 1 heterocycles. The van der Waals surface area contributed by atoms with Gasteiger partial charge in [-0.1, -0.05) is 42.5 Å². The first-order chi connectivity index (χ1) is 12.9. The third kappa shape index (κ3) is 4.16. The van der Waals surface area contributed by atoms with E-state index in [-0.39, 0.29) is 5.56 Å². The molecule has 0 N–H and O–H groups in total. The van der Waals surface area contributed by atoms with Crippen LogP contribution in [-0.2, 0) is 6.18 Å². The summed E-state index contributed by atoms with van der Waals surface area (Å²) in [5, 5.41) is 0. The van der Waals surface area contributed by atoms with Gasteiger partial charge in [0.15, 0.2) is 0 Å². The van der Waals surface area contributed by atoms with Gasteiger partial charge in [0.05, 0.1) is 17.3 Å². The van der Waals surface area contributed by atoms with Gasteiger partial charge in [-0.15, -0.1) is 0 Å². The van der Waals surface area contributed by atoms with Crippen LogP contribution in [0.1, 0.15) is 33.2 Å². The SMILES string of the molecule is CN(C(=O)c1cccc(C(F)(F)F)c1)C(c1ccccc1)c1ccccn1. The van der Waals surface area contributed by atoms with Crippen LogP contribution < -0.4 is 0 Å². The molecule has 0 saturated heterocycles. The lowest BCUT2D eigenvalue weighted by atomic mass is 10.0. The number of halogens is 3. The topological polar surface area (TPSA) is 33.2 Å². The van der Waals surface area contributed by atoms with Crippen molar-refractivity contribution in [1.29, 1.82) is 0 Å². The van der Waals surface area contributed by atoms with Crippen LogP contribution in [0, 0.1) is 0 Å². The molecule has 0 aliphatic rings. The van der Waals surface area contributed by atoms with Gasteiger partial charge in [-0.3, -0.25) is 9.78 Å². The molecule has 138 valence electrons. The largest absolute Gasteiger partial charge is 0.416 e. The molecule has 1 aromatic heterocycles. The zero-order valence-corrected chi connectivity index (χ0v) is 14.5. The number of carbonyl (C=O) groups is 1. The lowest BCUT2D eigenvalue weighted by molar-refractivity contribution is -0.137. The molecular formula is C21H17F3N2O. The van der Waals surface area contributed by atoms with Crippen LogP contribution in [0.15, 0.2) is 79.0 Å². The van der Waals surface area contributed by atoms with Crippen molar-refractivity contribution in [2.24, 2.45) is 0 Å². The molecule has 0 radical (unpaired) electrons. The van der Waals surface area contributed by atoms with E-state index in [2.05, 4.69) is 4.98 Å². The van der Waals surface area contributed by atoms with Crippen molar-refractivity contribution in [3.05, 3.63) is 101 Å². The highest BCUT2D eigenvalue weighted by Crippen LogP contribution is 2.31. The number of alkyl halides is 3. The highest BCUT2D eigenvalue weighted by molar-refractivity contribution is 5.94. The van der Waals surface area contributed by atoms with Crippen LogP contribution in [0.4, 0.5) is 13.2 Å². The summed E-state index contributed by atoms with van der Waals surface area (Å²) in [6, 6.07) is 18.5. The van der Waals surface area contributed by atoms with Crippen LogP contribution in [0.25, 0.3) is 0 Å². The zero-order valence-electron chi connectivity index (χ0n) is 14.5. The van der Waals surface area contributed by atoms with Crippen molar-refractivity contribution in [1.82, 2.24) is 9.88 Å². The summed E-state index contributed by atoms with van der Waals surface area (Å²) in [5.41, 5.74) is 0.575. The fourth-order valence-electron chi connectivity index (χ4n) is 2.92. The Hall–Kier alpha value is -3.15. The summed E-state index contributed by atoms with van der Waals surface area (Å²) in [7, 11) is 1.56. The summed E-state index contributed by atoms with van der Waals surface area (Å²) >= 11 is 0. The number of nitrogens with zero attached hydrogens (tertiary/aromatic N) is 2. The normalized spacial score (nSPS) is 12.4. The van der Waals surface area contributed by atoms with Crippen molar-refractivity contribution in [2.75, 3.05) is 7.05 Å². The number of benzene rings is 2. The average Bonchev–Trinajstić information content (AvgIpc) is 2.68. The molecular weight excluding hydrogens is 353 g/mol. The number of hydrogen-bond donors (Lipinski definition) is 0. The molecule has 3 rings (SSSR count). The van der Waals surface area contributed by atoms with Gasteiger partial charge in [0, 0.05) is 18.8 Å². The Balaban J connectivity index is 2.00. The van der Waals surface area contributed by atoms with E-state index < -0.39 is 23.7 Å². The maximum absolute atomic E-state index is 13.0. The maximum atomic E-state index is 13.0. The van der Waals surface area contributed by atoms with Gasteiger partial charge < -0.3 is 4.90 Å². The molecule has 0 spiro atoms. The molecule has 3 nitrogen and oxygen atoms in total. The van der Waals surface area contributed by atoms with Crippen molar-refractivity contribution < 1.29 is 18.0 Å². The summed E-state index contributed by atoms with van der Waals surface area (Å²) < 4.78 is 39.0. The number of aromatic nitrogens is 1. The second-order valence-electron chi connectivity index (χ2n) is 6.06. The van der Waals surface area contributed by atoms with Gasteiger partial charge in [-0.2, -0.15) is 13.2 Å². The van der Waals surface area contributed by atoms with Crippen molar-refractivity contribution in [3.63, 3.8) is 0 Å². The fraction of sp³-hybridized carbons (Fsp3) is 0.143. The predicted molar refractivity (Wildman–Crippen MR) is 96.1 cm³/mol. The van der Waals surface area contributed by atoms with Crippen LogP contribution in [-0.4, -0.2) is 22.8 Å². The first kappa shape index (κ1) is 18.6. The molecule has 27 heavy (non-hydrogen) atoms. The third-order valence-corrected chi connectivity index (χ3v) is 4.23. The van der Waals surface area contributed by atoms with Gasteiger partial charge in [-0.05, 0) is 35.9 Å². The smallest absolute Gasteiger partial charge is 0.329 e. The Morgan fingerprint density at radius 2 is 1.67 bits per heavy atom. The number of pyridine rings is 1. The summed E-state index contributed by atoms with van der Waals surface area (Å²) in [4.78, 5) is 18.7. The predicted octanol–water partition coefficient (Wildman–Crippen LogP) is 4.96. The second-order valence-corrected chi connectivity index (χ2v) is 6.06. The van der Waals surface area contributed by atoms with Gasteiger partial charge in [0.1, 0.15) is 0 Å². The Morgan fingerprint density at radius 1 is 0.963 bits per heavy atom. The fourth-order valence-corrected chi connectivity index (χ4v) is 2.92. The Morgan fingerprint density at radius 3 is 2.30 bits per heavy atom. The average molecular weight is 370 g/mol. The van der Waals surface area contributed by atoms with Gasteiger partial charge >= 0.3 is 6.18 Å². The number of hydrogen-bond acceptors (Lipinski definition) is 2. The van der Waals surface area contributed by atoms with E-state index in [4.69, 9.17) is 0 Å². The highest BCUT2D eigenvalue weighted by Gasteiger charge is 2.32. The standard InChI is InChI=1S/C21H17F3N2O/c1-26(20(27)16-10-7-11-17(14-16)21(22,23)24)19(15-8-3-2-4-9-15)18-12-5-6-13-25-18/h2-14,19H,1H3. The molecule has 1 atom stereocenters. The Bertz CT molecular complexity index is 872. The van der Waals surface area contributed by atoms with E-state index in [1.165, 1.54) is 17.0 Å². The minimum absolute atomic E-state index is 0.0239. The number of amides is 1. The Kier molecular flexibility index (Phi) is 5.26. The lowest BCUT2D eigenvalue weighted by Gasteiger charge is -2.28. The molecule has 0 fully saturated rings. The first-order valence-electron chi connectivity index (χ1n) is 8.28. The molecule has 0 aliphatic heterocycles. The maximum Gasteiger partial charge on any atom is 0.416 e. The van der Waals surface area contributed by atoms with Crippen LogP contribution >= 0.6 is 0 Å². The van der Waals surface area contributed by atoms with E-state index in [9.17, 15) is 18.0 Å². The molecule has 0 saturated carbocycles. The van der Waals surface area contributed by atoms with Crippen LogP contribution in [0.2, 0.25) is 0 Å². The quantitative estimate of drug-likeness (QED) is 0.650. The minimum atomic E-state index is -4.51. The monoisotopic (exact) mass is 370 g/mol. The van der Waals surface area contributed by atoms with Crippen molar-refractivity contribution in [3.8, 4) is 0 Å². The molecule has 6 heteroatoms. The van der Waals surface area contributed by atoms with Crippen LogP contribution in [0.5, 0.6) is 0 Å². The number of carbonyl (C=O) groups excluding carboxylic acids is 1. The molecule has 3 aromatic rings. The second kappa shape index (κ2) is 7.61. The van der Waals surface area contributed by atoms with E-state index in [0.29, 0.717) is 5.69 Å². The van der Waals surface area contributed by atoms with Gasteiger partial charge in [0.25, 0.3) is 5.91 Å². The molecule has 1 unspecified atom stereocenters. The minimum Gasteiger partial charge on any atom is -0.329 e. The van der Waals surface area contributed by atoms with E-state index in [1.54, 1.807) is 31.4 Å². The molecule has 0 bridgehead atoms.